The SMILES string of the molecule is CCCCCCCCCCCCCCCC(=O)NS(=O)(=O)CCCC(=O)NCCOCCOCC(=O)NCCCC[C@H](CC(=O)C(C)(C)CC(=O)C(C)(C)CC(=O)C(C)(C)NC(=O)[C@@H](N)Cc1cnc[nH]1)C(=O)O. The zero-order valence-corrected chi connectivity index (χ0v) is 46.6. The van der Waals surface area contributed by atoms with Crippen LogP contribution in [0.2, 0.25) is 0 Å². The molecule has 0 fully saturated rings. The molecule has 0 saturated carbocycles. The third-order valence-corrected chi connectivity index (χ3v) is 14.4. The number of unbranched alkanes of at least 4 members (excludes halogenated alkanes) is 13. The van der Waals surface area contributed by atoms with Gasteiger partial charge in [0.25, 0.3) is 0 Å². The van der Waals surface area contributed by atoms with Gasteiger partial charge in [-0.3, -0.25) is 43.1 Å². The number of imidazole rings is 1. The maximum Gasteiger partial charge on any atom is 0.306 e. The molecule has 0 radical (unpaired) electrons. The van der Waals surface area contributed by atoms with Crippen LogP contribution in [0, 0.1) is 16.7 Å². The highest BCUT2D eigenvalue weighted by Crippen LogP contribution is 2.34. The number of aromatic amines is 1. The van der Waals surface area contributed by atoms with Crippen molar-refractivity contribution in [3.8, 4) is 0 Å². The number of Topliss-reactive ketones (excluding diaryl/α,β-unsaturated/α-hetero) is 3. The molecule has 21 heteroatoms. The molecule has 0 aliphatic heterocycles. The second-order valence-electron chi connectivity index (χ2n) is 21.4. The van der Waals surface area contributed by atoms with E-state index < -0.39 is 67.7 Å². The smallest absolute Gasteiger partial charge is 0.306 e. The van der Waals surface area contributed by atoms with Crippen LogP contribution in [0.5, 0.6) is 0 Å². The molecule has 0 aliphatic rings. The van der Waals surface area contributed by atoms with Gasteiger partial charge in [-0.15, -0.1) is 0 Å². The van der Waals surface area contributed by atoms with E-state index in [9.17, 15) is 51.9 Å². The minimum atomic E-state index is -3.83. The summed E-state index contributed by atoms with van der Waals surface area (Å²) >= 11 is 0. The topological polar surface area (TPSA) is 312 Å². The van der Waals surface area contributed by atoms with Crippen LogP contribution in [-0.4, -0.2) is 127 Å². The van der Waals surface area contributed by atoms with Gasteiger partial charge < -0.3 is 41.2 Å². The Morgan fingerprint density at radius 3 is 1.82 bits per heavy atom. The van der Waals surface area contributed by atoms with Gasteiger partial charge in [0.15, 0.2) is 5.78 Å². The van der Waals surface area contributed by atoms with Crippen molar-refractivity contribution < 1.29 is 61.4 Å². The highest BCUT2D eigenvalue weighted by Gasteiger charge is 2.41. The number of ketones is 3. The van der Waals surface area contributed by atoms with Gasteiger partial charge in [0.05, 0.1) is 49.4 Å². The van der Waals surface area contributed by atoms with Gasteiger partial charge in [-0.25, -0.2) is 13.4 Å². The quantitative estimate of drug-likeness (QED) is 0.0371. The highest BCUT2D eigenvalue weighted by atomic mass is 32.2. The van der Waals surface area contributed by atoms with Gasteiger partial charge in [-0.05, 0) is 39.5 Å². The monoisotopic (exact) mass is 1070 g/mol. The lowest BCUT2D eigenvalue weighted by atomic mass is 9.71. The first-order valence-corrected chi connectivity index (χ1v) is 28.6. The number of nitrogens with one attached hydrogen (secondary N) is 5. The molecule has 0 aromatic carbocycles. The number of carboxylic acids is 1. The molecule has 1 heterocycles. The number of carbonyl (C=O) groups is 8. The van der Waals surface area contributed by atoms with E-state index in [2.05, 4.69) is 37.6 Å². The lowest BCUT2D eigenvalue weighted by Crippen LogP contribution is -2.56. The summed E-state index contributed by atoms with van der Waals surface area (Å²) in [4.78, 5) is 109. The Kier molecular flexibility index (Phi) is 33.2. The largest absolute Gasteiger partial charge is 0.481 e. The van der Waals surface area contributed by atoms with E-state index in [0.717, 1.165) is 19.3 Å². The van der Waals surface area contributed by atoms with Crippen LogP contribution in [-0.2, 0) is 64.3 Å². The van der Waals surface area contributed by atoms with E-state index >= 15 is 0 Å². The van der Waals surface area contributed by atoms with Crippen LogP contribution < -0.4 is 26.4 Å². The molecule has 20 nitrogen and oxygen atoms in total. The molecule has 8 N–H and O–H groups in total. The molecule has 0 aliphatic carbocycles. The Morgan fingerprint density at radius 1 is 0.676 bits per heavy atom. The summed E-state index contributed by atoms with van der Waals surface area (Å²) in [5, 5.41) is 17.9. The predicted molar refractivity (Wildman–Crippen MR) is 283 cm³/mol. The number of rotatable bonds is 46. The van der Waals surface area contributed by atoms with Crippen molar-refractivity contribution in [2.24, 2.45) is 22.5 Å². The first-order valence-electron chi connectivity index (χ1n) is 26.9. The molecule has 74 heavy (non-hydrogen) atoms. The molecule has 0 bridgehead atoms. The van der Waals surface area contributed by atoms with Crippen molar-refractivity contribution in [3.05, 3.63) is 18.2 Å². The minimum Gasteiger partial charge on any atom is -0.481 e. The Morgan fingerprint density at radius 2 is 1.23 bits per heavy atom. The molecular weight excluding hydrogens is 975 g/mol. The fourth-order valence-corrected chi connectivity index (χ4v) is 9.08. The number of sulfonamides is 1. The Balaban J connectivity index is 2.21. The number of aromatic nitrogens is 2. The number of carboxylic acid groups (broad SMARTS) is 1. The van der Waals surface area contributed by atoms with E-state index in [-0.39, 0.29) is 114 Å². The molecule has 0 saturated heterocycles. The summed E-state index contributed by atoms with van der Waals surface area (Å²) in [6.07, 6.45) is 18.9. The van der Waals surface area contributed by atoms with E-state index in [1.54, 1.807) is 33.9 Å². The summed E-state index contributed by atoms with van der Waals surface area (Å²) in [7, 11) is -3.83. The normalized spacial score (nSPS) is 12.9. The molecule has 4 amide bonds. The standard InChI is InChI=1S/C53H93N7O13S/c1-8-9-10-11-12-13-14-15-16-17-18-19-20-25-47(65)60-74(70,71)32-23-26-46(64)57-28-29-72-30-31-73-38-48(66)56-27-22-21-24-40(50(68)69)33-43(61)51(2,3)35-44(62)52(4,5)36-45(63)53(6,7)59-49(67)42(54)34-41-37-55-39-58-41/h37,39-40,42H,8-36,38,54H2,1-7H3,(H,55,58)(H,56,66)(H,57,64)(H,59,67)(H,60,65)(H,68,69)/t40-,42+/m1/s1. The third kappa shape index (κ3) is 31.3. The number of aliphatic carboxylic acids is 1. The second kappa shape index (κ2) is 36.4. The zero-order valence-electron chi connectivity index (χ0n) is 45.8. The molecule has 2 atom stereocenters. The lowest BCUT2D eigenvalue weighted by molar-refractivity contribution is -0.146. The minimum absolute atomic E-state index is 0.0313. The van der Waals surface area contributed by atoms with Crippen molar-refractivity contribution in [1.29, 1.82) is 0 Å². The summed E-state index contributed by atoms with van der Waals surface area (Å²) < 4.78 is 37.5. The fourth-order valence-electron chi connectivity index (χ4n) is 8.00. The van der Waals surface area contributed by atoms with Gasteiger partial charge in [-0.2, -0.15) is 0 Å². The van der Waals surface area contributed by atoms with Gasteiger partial charge >= 0.3 is 5.97 Å². The van der Waals surface area contributed by atoms with Gasteiger partial charge in [0.2, 0.25) is 33.7 Å². The van der Waals surface area contributed by atoms with Crippen molar-refractivity contribution in [2.45, 2.75) is 208 Å². The van der Waals surface area contributed by atoms with Gasteiger partial charge in [0, 0.05) is 74.3 Å². The second-order valence-corrected chi connectivity index (χ2v) is 23.3. The maximum atomic E-state index is 13.5. The first-order chi connectivity index (χ1) is 34.8. The van der Waals surface area contributed by atoms with Crippen molar-refractivity contribution >= 4 is 57.0 Å². The van der Waals surface area contributed by atoms with Gasteiger partial charge in [0.1, 0.15) is 18.2 Å². The first kappa shape index (κ1) is 67.4. The number of carbonyl (C=O) groups excluding carboxylic acids is 7. The number of hydrogen-bond acceptors (Lipinski definition) is 14. The van der Waals surface area contributed by atoms with Crippen LogP contribution in [0.4, 0.5) is 0 Å². The van der Waals surface area contributed by atoms with Crippen LogP contribution in [0.15, 0.2) is 12.5 Å². The Bertz CT molecular complexity index is 1970. The van der Waals surface area contributed by atoms with Crippen molar-refractivity contribution in [1.82, 2.24) is 30.6 Å². The molecule has 1 aromatic heterocycles. The van der Waals surface area contributed by atoms with Crippen LogP contribution in [0.25, 0.3) is 0 Å². The summed E-state index contributed by atoms with van der Waals surface area (Å²) in [6, 6.07) is -0.942. The van der Waals surface area contributed by atoms with E-state index in [0.29, 0.717) is 25.0 Å². The summed E-state index contributed by atoms with van der Waals surface area (Å²) in [5.74, 6) is -5.45. The zero-order chi connectivity index (χ0) is 55.6. The lowest BCUT2D eigenvalue weighted by Gasteiger charge is -2.33. The number of H-pyrrole nitrogens is 1. The average molecular weight is 1070 g/mol. The van der Waals surface area contributed by atoms with E-state index in [1.165, 1.54) is 78.0 Å². The number of nitrogens with zero attached hydrogens (tertiary/aromatic N) is 1. The molecule has 0 spiro atoms. The highest BCUT2D eigenvalue weighted by molar-refractivity contribution is 7.90. The third-order valence-electron chi connectivity index (χ3n) is 13.0. The van der Waals surface area contributed by atoms with Crippen molar-refractivity contribution in [2.75, 3.05) is 45.3 Å². The summed E-state index contributed by atoms with van der Waals surface area (Å²) in [5.41, 5.74) is 2.94. The number of amides is 4. The van der Waals surface area contributed by atoms with Crippen LogP contribution >= 0.6 is 0 Å². The maximum absolute atomic E-state index is 13.5. The molecule has 0 unspecified atom stereocenters. The molecule has 1 aromatic rings. The average Bonchev–Trinajstić information content (AvgIpc) is 3.83. The van der Waals surface area contributed by atoms with Gasteiger partial charge in [-0.1, -0.05) is 118 Å². The van der Waals surface area contributed by atoms with Crippen LogP contribution in [0.3, 0.4) is 0 Å². The summed E-state index contributed by atoms with van der Waals surface area (Å²) in [6.45, 7) is 12.3. The predicted octanol–water partition coefficient (Wildman–Crippen LogP) is 5.95. The van der Waals surface area contributed by atoms with Crippen molar-refractivity contribution in [3.63, 3.8) is 0 Å². The fraction of sp³-hybridized carbons (Fsp3) is 0.792. The van der Waals surface area contributed by atoms with Crippen LogP contribution in [0.1, 0.15) is 195 Å². The van der Waals surface area contributed by atoms with E-state index in [1.807, 2.05) is 0 Å². The number of hydrogen-bond donors (Lipinski definition) is 7. The molecule has 424 valence electrons. The Hall–Kier alpha value is -4.60. The number of nitrogens with two attached hydrogens (primary N) is 1. The number of ether oxygens (including phenoxy) is 2. The molecular formula is C53H93N7O13S. The van der Waals surface area contributed by atoms with E-state index in [4.69, 9.17) is 15.2 Å². The molecule has 1 rings (SSSR count). The Labute approximate surface area is 441 Å².